The molecule has 1 aliphatic rings. The van der Waals surface area contributed by atoms with Crippen molar-refractivity contribution in [1.82, 2.24) is 15.2 Å². The summed E-state index contributed by atoms with van der Waals surface area (Å²) in [6, 6.07) is 6.46. The van der Waals surface area contributed by atoms with E-state index in [0.717, 1.165) is 36.8 Å². The number of benzene rings is 1. The standard InChI is InChI=1S/C14H19N5/c1-9-4-3-5-12(10(9)2)13-16-14(18-17-13)19-7-6-11(15)8-19/h3-5,11H,6-8,15H2,1-2H3,(H,16,17,18). The van der Waals surface area contributed by atoms with E-state index in [2.05, 4.69) is 46.1 Å². The van der Waals surface area contributed by atoms with Gasteiger partial charge in [-0.05, 0) is 31.4 Å². The van der Waals surface area contributed by atoms with Gasteiger partial charge >= 0.3 is 0 Å². The van der Waals surface area contributed by atoms with Crippen LogP contribution in [0.4, 0.5) is 5.95 Å². The van der Waals surface area contributed by atoms with E-state index in [0.29, 0.717) is 0 Å². The molecule has 1 unspecified atom stereocenters. The van der Waals surface area contributed by atoms with Gasteiger partial charge in [0.2, 0.25) is 5.95 Å². The van der Waals surface area contributed by atoms with Crippen LogP contribution in [-0.2, 0) is 0 Å². The van der Waals surface area contributed by atoms with Crippen molar-refractivity contribution in [2.24, 2.45) is 5.73 Å². The Hall–Kier alpha value is -1.88. The van der Waals surface area contributed by atoms with Crippen LogP contribution in [0.1, 0.15) is 17.5 Å². The van der Waals surface area contributed by atoms with Crippen molar-refractivity contribution >= 4 is 5.95 Å². The predicted molar refractivity (Wildman–Crippen MR) is 76.1 cm³/mol. The summed E-state index contributed by atoms with van der Waals surface area (Å²) >= 11 is 0. The van der Waals surface area contributed by atoms with E-state index in [1.54, 1.807) is 0 Å². The zero-order chi connectivity index (χ0) is 13.4. The van der Waals surface area contributed by atoms with Gasteiger partial charge in [-0.25, -0.2) is 0 Å². The van der Waals surface area contributed by atoms with Gasteiger partial charge in [-0.15, -0.1) is 5.10 Å². The van der Waals surface area contributed by atoms with Gasteiger partial charge in [-0.1, -0.05) is 18.2 Å². The summed E-state index contributed by atoms with van der Waals surface area (Å²) in [5.41, 5.74) is 9.53. The van der Waals surface area contributed by atoms with Gasteiger partial charge in [-0.3, -0.25) is 5.10 Å². The number of anilines is 1. The van der Waals surface area contributed by atoms with E-state index in [1.807, 2.05) is 6.07 Å². The quantitative estimate of drug-likeness (QED) is 0.857. The molecule has 0 saturated carbocycles. The van der Waals surface area contributed by atoms with E-state index >= 15 is 0 Å². The second kappa shape index (κ2) is 4.66. The normalized spacial score (nSPS) is 19.1. The molecular formula is C14H19N5. The highest BCUT2D eigenvalue weighted by Crippen LogP contribution is 2.24. The molecule has 1 saturated heterocycles. The van der Waals surface area contributed by atoms with Gasteiger partial charge in [-0.2, -0.15) is 4.98 Å². The molecule has 100 valence electrons. The third-order valence-electron chi connectivity index (χ3n) is 3.84. The molecule has 2 heterocycles. The molecular weight excluding hydrogens is 238 g/mol. The largest absolute Gasteiger partial charge is 0.338 e. The molecule has 1 aromatic heterocycles. The van der Waals surface area contributed by atoms with Crippen LogP contribution in [0, 0.1) is 13.8 Å². The second-order valence-corrected chi connectivity index (χ2v) is 5.23. The molecule has 1 aliphatic heterocycles. The zero-order valence-corrected chi connectivity index (χ0v) is 11.3. The lowest BCUT2D eigenvalue weighted by atomic mass is 10.0. The first-order valence-electron chi connectivity index (χ1n) is 6.64. The lowest BCUT2D eigenvalue weighted by Crippen LogP contribution is -2.26. The van der Waals surface area contributed by atoms with Crippen molar-refractivity contribution < 1.29 is 0 Å². The van der Waals surface area contributed by atoms with Gasteiger partial charge in [0.25, 0.3) is 0 Å². The fourth-order valence-corrected chi connectivity index (χ4v) is 2.49. The van der Waals surface area contributed by atoms with Gasteiger partial charge in [0.15, 0.2) is 5.82 Å². The van der Waals surface area contributed by atoms with E-state index < -0.39 is 0 Å². The topological polar surface area (TPSA) is 70.8 Å². The molecule has 0 radical (unpaired) electrons. The summed E-state index contributed by atoms with van der Waals surface area (Å²) < 4.78 is 0. The molecule has 1 fully saturated rings. The predicted octanol–water partition coefficient (Wildman–Crippen LogP) is 1.63. The number of H-pyrrole nitrogens is 1. The van der Waals surface area contributed by atoms with Crippen LogP contribution >= 0.6 is 0 Å². The van der Waals surface area contributed by atoms with E-state index in [-0.39, 0.29) is 6.04 Å². The lowest BCUT2D eigenvalue weighted by Gasteiger charge is -2.11. The average Bonchev–Trinajstić information content (AvgIpc) is 3.01. The summed E-state index contributed by atoms with van der Waals surface area (Å²) in [5, 5.41) is 7.35. The Morgan fingerprint density at radius 3 is 2.95 bits per heavy atom. The van der Waals surface area contributed by atoms with Crippen LogP contribution < -0.4 is 10.6 Å². The minimum absolute atomic E-state index is 0.239. The molecule has 1 aromatic carbocycles. The summed E-state index contributed by atoms with van der Waals surface area (Å²) in [7, 11) is 0. The van der Waals surface area contributed by atoms with Gasteiger partial charge in [0.05, 0.1) is 0 Å². The zero-order valence-electron chi connectivity index (χ0n) is 11.3. The highest BCUT2D eigenvalue weighted by atomic mass is 15.4. The molecule has 5 nitrogen and oxygen atoms in total. The maximum atomic E-state index is 5.92. The van der Waals surface area contributed by atoms with Crippen molar-refractivity contribution in [3.8, 4) is 11.4 Å². The molecule has 19 heavy (non-hydrogen) atoms. The SMILES string of the molecule is Cc1cccc(-c2nc(N3CCC(N)C3)n[nH]2)c1C. The molecule has 5 heteroatoms. The van der Waals surface area contributed by atoms with Crippen LogP contribution in [0.5, 0.6) is 0 Å². The average molecular weight is 257 g/mol. The fourth-order valence-electron chi connectivity index (χ4n) is 2.49. The van der Waals surface area contributed by atoms with Crippen LogP contribution in [0.25, 0.3) is 11.4 Å². The van der Waals surface area contributed by atoms with E-state index in [4.69, 9.17) is 5.73 Å². The van der Waals surface area contributed by atoms with Crippen molar-refractivity contribution in [2.75, 3.05) is 18.0 Å². The molecule has 0 amide bonds. The number of aryl methyl sites for hydroxylation is 1. The summed E-state index contributed by atoms with van der Waals surface area (Å²) in [4.78, 5) is 6.74. The van der Waals surface area contributed by atoms with Gasteiger partial charge in [0.1, 0.15) is 0 Å². The molecule has 3 N–H and O–H groups in total. The van der Waals surface area contributed by atoms with Crippen LogP contribution in [0.2, 0.25) is 0 Å². The first-order valence-corrected chi connectivity index (χ1v) is 6.64. The van der Waals surface area contributed by atoms with E-state index in [9.17, 15) is 0 Å². The molecule has 1 atom stereocenters. The molecule has 0 spiro atoms. The Kier molecular flexibility index (Phi) is 2.98. The van der Waals surface area contributed by atoms with Crippen molar-refractivity contribution in [3.05, 3.63) is 29.3 Å². The molecule has 2 aromatic rings. The number of rotatable bonds is 2. The summed E-state index contributed by atoms with van der Waals surface area (Å²) in [6.45, 7) is 5.99. The third kappa shape index (κ3) is 2.21. The van der Waals surface area contributed by atoms with Gasteiger partial charge < -0.3 is 10.6 Å². The molecule has 3 rings (SSSR count). The second-order valence-electron chi connectivity index (χ2n) is 5.23. The smallest absolute Gasteiger partial charge is 0.245 e. The van der Waals surface area contributed by atoms with Crippen molar-refractivity contribution in [1.29, 1.82) is 0 Å². The summed E-state index contributed by atoms with van der Waals surface area (Å²) in [5.74, 6) is 1.58. The maximum Gasteiger partial charge on any atom is 0.245 e. The Morgan fingerprint density at radius 2 is 2.21 bits per heavy atom. The Balaban J connectivity index is 1.91. The van der Waals surface area contributed by atoms with Crippen molar-refractivity contribution in [3.63, 3.8) is 0 Å². The number of nitrogens with zero attached hydrogens (tertiary/aromatic N) is 3. The minimum Gasteiger partial charge on any atom is -0.338 e. The number of nitrogens with one attached hydrogen (secondary N) is 1. The highest BCUT2D eigenvalue weighted by molar-refractivity contribution is 5.62. The van der Waals surface area contributed by atoms with Crippen LogP contribution in [0.3, 0.4) is 0 Å². The Morgan fingerprint density at radius 1 is 1.37 bits per heavy atom. The van der Waals surface area contributed by atoms with Crippen molar-refractivity contribution in [2.45, 2.75) is 26.3 Å². The first-order chi connectivity index (χ1) is 9.15. The molecule has 0 bridgehead atoms. The first kappa shape index (κ1) is 12.2. The lowest BCUT2D eigenvalue weighted by molar-refractivity contribution is 0.750. The number of aromatic nitrogens is 3. The van der Waals surface area contributed by atoms with Crippen LogP contribution in [-0.4, -0.2) is 34.3 Å². The molecule has 0 aliphatic carbocycles. The summed E-state index contributed by atoms with van der Waals surface area (Å²) in [6.07, 6.45) is 1.01. The Bertz CT molecular complexity index is 589. The van der Waals surface area contributed by atoms with E-state index in [1.165, 1.54) is 11.1 Å². The highest BCUT2D eigenvalue weighted by Gasteiger charge is 2.22. The maximum absolute atomic E-state index is 5.92. The monoisotopic (exact) mass is 257 g/mol. The number of aromatic amines is 1. The number of hydrogen-bond donors (Lipinski definition) is 2. The number of hydrogen-bond acceptors (Lipinski definition) is 4. The number of nitrogens with two attached hydrogens (primary N) is 1. The van der Waals surface area contributed by atoms with Gasteiger partial charge in [0, 0.05) is 24.7 Å². The Labute approximate surface area is 112 Å². The van der Waals surface area contributed by atoms with Crippen LogP contribution in [0.15, 0.2) is 18.2 Å². The third-order valence-corrected chi connectivity index (χ3v) is 3.84. The fraction of sp³-hybridized carbons (Fsp3) is 0.429. The minimum atomic E-state index is 0.239.